The van der Waals surface area contributed by atoms with Crippen molar-refractivity contribution < 1.29 is 59.4 Å². The van der Waals surface area contributed by atoms with Gasteiger partial charge in [0, 0.05) is 49.1 Å². The lowest BCUT2D eigenvalue weighted by Gasteiger charge is -2.11. The largest absolute Gasteiger partial charge is 0.550 e. The van der Waals surface area contributed by atoms with E-state index in [2.05, 4.69) is 18.0 Å². The monoisotopic (exact) mass is 438 g/mol. The molecule has 0 aliphatic rings. The molecule has 2 atom stereocenters. The van der Waals surface area contributed by atoms with Crippen LogP contribution in [0.15, 0.2) is 12.3 Å². The van der Waals surface area contributed by atoms with Crippen LogP contribution in [0, 0.1) is 0 Å². The fourth-order valence-electron chi connectivity index (χ4n) is 0.526. The van der Waals surface area contributed by atoms with Crippen molar-refractivity contribution in [2.24, 2.45) is 22.9 Å². The number of hydrogen-bond acceptors (Lipinski definition) is 16. The smallest absolute Gasteiger partial charge is 0.0866 e. The fraction of sp³-hybridized carbons (Fsp3) is 0.429. The second-order valence-corrected chi connectivity index (χ2v) is 4.39. The molecule has 0 aromatic heterocycles. The van der Waals surface area contributed by atoms with Crippen LogP contribution in [-0.4, -0.2) is 54.4 Å². The van der Waals surface area contributed by atoms with E-state index in [9.17, 15) is 49.5 Å². The predicted molar refractivity (Wildman–Crippen MR) is 84.3 cm³/mol. The van der Waals surface area contributed by atoms with Crippen molar-refractivity contribution in [1.29, 1.82) is 0 Å². The first-order valence-electron chi connectivity index (χ1n) is 6.87. The molecule has 0 rings (SSSR count). The average molecular weight is 438 g/mol. The van der Waals surface area contributed by atoms with Crippen LogP contribution in [0.3, 0.4) is 0 Å². The Labute approximate surface area is 170 Å². The van der Waals surface area contributed by atoms with Gasteiger partial charge in [-0.15, -0.1) is 0 Å². The Bertz CT molecular complexity index is 549. The van der Waals surface area contributed by atoms with E-state index >= 15 is 0 Å². The normalized spacial score (nSPS) is 10.2. The maximum atomic E-state index is 9.71. The molecule has 0 aliphatic heterocycles. The molecule has 16 heteroatoms. The minimum atomic E-state index is -1.58. The van der Waals surface area contributed by atoms with Gasteiger partial charge in [-0.3, -0.25) is 0 Å². The molecule has 0 saturated carbocycles. The molecule has 0 aromatic rings. The van der Waals surface area contributed by atoms with Crippen molar-refractivity contribution in [3.8, 4) is 0 Å². The third-order valence-corrected chi connectivity index (χ3v) is 1.81. The number of aliphatic carboxylic acids is 6. The SMILES string of the molecule is C.C=C(N)C(=O)[O-].NC(CC(=O)[O-])C(=O)[O-].NC(CC(=O)[O-])C(=O)[O-].NCC(=O)[O-]. The maximum Gasteiger partial charge on any atom is 0.0866 e. The lowest BCUT2D eigenvalue weighted by molar-refractivity contribution is -0.316. The molecule has 0 aliphatic carbocycles. The first-order chi connectivity index (χ1) is 13.0. The lowest BCUT2D eigenvalue weighted by Crippen LogP contribution is -2.45. The van der Waals surface area contributed by atoms with Crippen molar-refractivity contribution in [1.82, 2.24) is 0 Å². The second kappa shape index (κ2) is 21.5. The Kier molecular flexibility index (Phi) is 26.6. The van der Waals surface area contributed by atoms with Gasteiger partial charge in [0.05, 0.1) is 23.9 Å². The molecule has 0 radical (unpaired) electrons. The average Bonchev–Trinajstić information content (AvgIpc) is 2.54. The number of carboxylic acid groups (broad SMARTS) is 6. The van der Waals surface area contributed by atoms with Gasteiger partial charge < -0.3 is 82.3 Å². The zero-order valence-corrected chi connectivity index (χ0v) is 14.7. The third-order valence-electron chi connectivity index (χ3n) is 1.81. The van der Waals surface area contributed by atoms with Crippen molar-refractivity contribution >= 4 is 35.8 Å². The Morgan fingerprint density at radius 3 is 0.933 bits per heavy atom. The first-order valence-corrected chi connectivity index (χ1v) is 6.87. The highest BCUT2D eigenvalue weighted by atomic mass is 16.4. The Morgan fingerprint density at radius 1 is 0.700 bits per heavy atom. The van der Waals surface area contributed by atoms with Crippen LogP contribution in [-0.2, 0) is 28.8 Å². The maximum absolute atomic E-state index is 9.71. The summed E-state index contributed by atoms with van der Waals surface area (Å²) in [5.41, 5.74) is 18.1. The quantitative estimate of drug-likeness (QED) is 0.255. The van der Waals surface area contributed by atoms with E-state index in [1.54, 1.807) is 0 Å². The summed E-state index contributed by atoms with van der Waals surface area (Å²) in [5, 5.41) is 57.2. The molecule has 0 spiro atoms. The van der Waals surface area contributed by atoms with Crippen LogP contribution in [0.5, 0.6) is 0 Å². The van der Waals surface area contributed by atoms with Gasteiger partial charge in [-0.2, -0.15) is 0 Å². The van der Waals surface area contributed by atoms with Gasteiger partial charge in [-0.1, -0.05) is 14.0 Å². The fourth-order valence-corrected chi connectivity index (χ4v) is 0.526. The molecule has 0 saturated heterocycles. The molecule has 30 heavy (non-hydrogen) atoms. The van der Waals surface area contributed by atoms with Crippen molar-refractivity contribution in [3.63, 3.8) is 0 Å². The molecule has 0 aromatic carbocycles. The Balaban J connectivity index is -0.0000000942. The highest BCUT2D eigenvalue weighted by Crippen LogP contribution is 1.82. The molecule has 0 bridgehead atoms. The summed E-state index contributed by atoms with van der Waals surface area (Å²) in [6.07, 6.45) is -1.41. The molecule has 176 valence electrons. The summed E-state index contributed by atoms with van der Waals surface area (Å²) in [6, 6.07) is -2.93. The molecule has 0 fully saturated rings. The molecular formula is C14H22N4O12-6. The summed E-state index contributed by atoms with van der Waals surface area (Å²) in [6.45, 7) is 2.48. The molecule has 0 amide bonds. The van der Waals surface area contributed by atoms with Crippen LogP contribution in [0.2, 0.25) is 0 Å². The number of rotatable bonds is 8. The number of carbonyl (C=O) groups is 6. The van der Waals surface area contributed by atoms with E-state index in [0.717, 1.165) is 0 Å². The molecule has 8 N–H and O–H groups in total. The number of carbonyl (C=O) groups excluding carboxylic acids is 6. The van der Waals surface area contributed by atoms with Crippen LogP contribution in [0.4, 0.5) is 0 Å². The minimum absolute atomic E-state index is 0. The van der Waals surface area contributed by atoms with Gasteiger partial charge in [0.1, 0.15) is 0 Å². The van der Waals surface area contributed by atoms with Crippen molar-refractivity contribution in [2.75, 3.05) is 6.54 Å². The summed E-state index contributed by atoms with van der Waals surface area (Å²) >= 11 is 0. The van der Waals surface area contributed by atoms with Crippen LogP contribution in [0.1, 0.15) is 20.3 Å². The van der Waals surface area contributed by atoms with E-state index in [-0.39, 0.29) is 14.0 Å². The lowest BCUT2D eigenvalue weighted by atomic mass is 10.2. The summed E-state index contributed by atoms with van der Waals surface area (Å²) in [5.74, 6) is -8.78. The zero-order valence-electron chi connectivity index (χ0n) is 14.7. The Hall–Kier alpha value is -3.76. The predicted octanol–water partition coefficient (Wildman–Crippen LogP) is -11.1. The van der Waals surface area contributed by atoms with Gasteiger partial charge in [0.2, 0.25) is 0 Å². The second-order valence-electron chi connectivity index (χ2n) is 4.39. The molecule has 0 heterocycles. The van der Waals surface area contributed by atoms with Gasteiger partial charge in [0.25, 0.3) is 0 Å². The van der Waals surface area contributed by atoms with Crippen LogP contribution >= 0.6 is 0 Å². The number of carboxylic acids is 6. The summed E-state index contributed by atoms with van der Waals surface area (Å²) in [7, 11) is 0. The Morgan fingerprint density at radius 2 is 0.900 bits per heavy atom. The van der Waals surface area contributed by atoms with Crippen LogP contribution in [0.25, 0.3) is 0 Å². The minimum Gasteiger partial charge on any atom is -0.550 e. The van der Waals surface area contributed by atoms with E-state index < -0.39 is 66.4 Å². The van der Waals surface area contributed by atoms with Crippen LogP contribution < -0.4 is 53.6 Å². The third kappa shape index (κ3) is 39.4. The molecule has 2 unspecified atom stereocenters. The topological polar surface area (TPSA) is 345 Å². The zero-order chi connectivity index (χ0) is 24.3. The highest BCUT2D eigenvalue weighted by molar-refractivity contribution is 5.82. The first kappa shape index (κ1) is 37.1. The number of nitrogens with two attached hydrogens (primary N) is 4. The van der Waals surface area contributed by atoms with E-state index in [0.29, 0.717) is 0 Å². The van der Waals surface area contributed by atoms with E-state index in [1.165, 1.54) is 0 Å². The molecule has 16 nitrogen and oxygen atoms in total. The van der Waals surface area contributed by atoms with Gasteiger partial charge in [-0.05, 0) is 0 Å². The van der Waals surface area contributed by atoms with E-state index in [1.807, 2.05) is 0 Å². The number of hydrogen-bond donors (Lipinski definition) is 4. The molecular weight excluding hydrogens is 416 g/mol. The van der Waals surface area contributed by atoms with Gasteiger partial charge in [0.15, 0.2) is 0 Å². The van der Waals surface area contributed by atoms with Gasteiger partial charge in [-0.25, -0.2) is 0 Å². The van der Waals surface area contributed by atoms with Crippen molar-refractivity contribution in [3.05, 3.63) is 12.3 Å². The van der Waals surface area contributed by atoms with E-state index in [4.69, 9.17) is 21.4 Å². The van der Waals surface area contributed by atoms with Crippen molar-refractivity contribution in [2.45, 2.75) is 32.4 Å². The highest BCUT2D eigenvalue weighted by Gasteiger charge is 2.01. The summed E-state index contributed by atoms with van der Waals surface area (Å²) in [4.78, 5) is 57.2. The van der Waals surface area contributed by atoms with Gasteiger partial charge >= 0.3 is 0 Å². The summed E-state index contributed by atoms with van der Waals surface area (Å²) < 4.78 is 0. The standard InChI is InChI=1S/2C4H7NO4.C3H5NO2.C2H5NO2.CH4/c2*5-2(4(8)9)1-3(6)7;1-2(4)3(5)6;3-1-2(4)5;/h2*2H,1,5H2,(H,6,7)(H,8,9);1,4H2,(H,5,6);1,3H2,(H,4,5);1H4/p-6.